The first-order chi connectivity index (χ1) is 8.16. The number of urea groups is 1. The van der Waals surface area contributed by atoms with Crippen molar-refractivity contribution in [3.05, 3.63) is 42.7 Å². The molecule has 0 saturated carbocycles. The van der Waals surface area contributed by atoms with Gasteiger partial charge in [-0.2, -0.15) is 0 Å². The highest BCUT2D eigenvalue weighted by atomic mass is 16.3. The van der Waals surface area contributed by atoms with Crippen LogP contribution in [0.1, 0.15) is 0 Å². The first-order valence-electron chi connectivity index (χ1n) is 5.04. The maximum Gasteiger partial charge on any atom is 0.328 e. The summed E-state index contributed by atoms with van der Waals surface area (Å²) in [5.74, 6) is 0.550. The molecule has 0 aliphatic carbocycles. The van der Waals surface area contributed by atoms with Gasteiger partial charge in [0, 0.05) is 18.8 Å². The summed E-state index contributed by atoms with van der Waals surface area (Å²) in [4.78, 5) is 13.2. The fraction of sp³-hybridized carbons (Fsp3) is 0.0833. The average Bonchev–Trinajstić information content (AvgIpc) is 2.82. The van der Waals surface area contributed by atoms with Gasteiger partial charge in [-0.3, -0.25) is 10.2 Å². The lowest BCUT2D eigenvalue weighted by atomic mass is 10.3. The molecule has 0 spiro atoms. The Morgan fingerprint density at radius 2 is 2.00 bits per heavy atom. The molecule has 5 heteroatoms. The summed E-state index contributed by atoms with van der Waals surface area (Å²) in [6.07, 6.45) is 1.48. The lowest BCUT2D eigenvalue weighted by Gasteiger charge is -2.17. The van der Waals surface area contributed by atoms with Crippen LogP contribution in [-0.2, 0) is 0 Å². The molecule has 0 radical (unpaired) electrons. The minimum absolute atomic E-state index is 0.161. The van der Waals surface area contributed by atoms with Crippen LogP contribution in [0.15, 0.2) is 47.1 Å². The number of carbonyl (C=O) groups is 1. The Balaban J connectivity index is 2.07. The quantitative estimate of drug-likeness (QED) is 0.836. The molecule has 0 atom stereocenters. The van der Waals surface area contributed by atoms with Gasteiger partial charge in [0.05, 0.1) is 6.26 Å². The molecule has 5 nitrogen and oxygen atoms in total. The van der Waals surface area contributed by atoms with Crippen LogP contribution in [0.4, 0.5) is 16.4 Å². The molecule has 2 N–H and O–H groups in total. The van der Waals surface area contributed by atoms with E-state index in [9.17, 15) is 4.79 Å². The van der Waals surface area contributed by atoms with Gasteiger partial charge in [0.2, 0.25) is 5.88 Å². The lowest BCUT2D eigenvalue weighted by molar-refractivity contribution is 0.257. The predicted octanol–water partition coefficient (Wildman–Crippen LogP) is 2.65. The Labute approximate surface area is 98.3 Å². The van der Waals surface area contributed by atoms with E-state index < -0.39 is 0 Å². The molecule has 0 unspecified atom stereocenters. The van der Waals surface area contributed by atoms with Gasteiger partial charge in [-0.15, -0.1) is 0 Å². The highest BCUT2D eigenvalue weighted by Gasteiger charge is 2.11. The van der Waals surface area contributed by atoms with Crippen LogP contribution in [0.25, 0.3) is 0 Å². The molecule has 1 aromatic heterocycles. The number of rotatable bonds is 2. The highest BCUT2D eigenvalue weighted by Crippen LogP contribution is 2.18. The van der Waals surface area contributed by atoms with Gasteiger partial charge in [0.15, 0.2) is 0 Å². The number of furan rings is 1. The third-order valence-electron chi connectivity index (χ3n) is 2.29. The minimum Gasteiger partial charge on any atom is -0.508 e. The maximum absolute atomic E-state index is 11.8. The van der Waals surface area contributed by atoms with Crippen molar-refractivity contribution in [2.24, 2.45) is 0 Å². The molecule has 0 aliphatic rings. The molecule has 0 saturated heterocycles. The molecule has 0 aliphatic heterocycles. The highest BCUT2D eigenvalue weighted by molar-refractivity contribution is 6.00. The van der Waals surface area contributed by atoms with Crippen LogP contribution in [0, 0.1) is 0 Å². The summed E-state index contributed by atoms with van der Waals surface area (Å²) in [5.41, 5.74) is 0.673. The van der Waals surface area contributed by atoms with Crippen LogP contribution in [0.2, 0.25) is 0 Å². The summed E-state index contributed by atoms with van der Waals surface area (Å²) < 4.78 is 5.01. The number of aromatic hydroxyl groups is 1. The van der Waals surface area contributed by atoms with Crippen molar-refractivity contribution in [3.63, 3.8) is 0 Å². The Kier molecular flexibility index (Phi) is 3.00. The van der Waals surface area contributed by atoms with Crippen molar-refractivity contribution >= 4 is 17.6 Å². The first kappa shape index (κ1) is 11.1. The number of hydrogen-bond donors (Lipinski definition) is 2. The van der Waals surface area contributed by atoms with E-state index in [-0.39, 0.29) is 11.8 Å². The number of phenols is 1. The van der Waals surface area contributed by atoms with E-state index in [0.717, 1.165) is 0 Å². The molecule has 2 amide bonds. The summed E-state index contributed by atoms with van der Waals surface area (Å²) in [6.45, 7) is 0. The second-order valence-corrected chi connectivity index (χ2v) is 3.48. The SMILES string of the molecule is CN(C(=O)Nc1ccco1)c1ccc(O)cc1. The monoisotopic (exact) mass is 232 g/mol. The normalized spacial score (nSPS) is 9.94. The molecule has 0 bridgehead atoms. The number of hydrogen-bond acceptors (Lipinski definition) is 3. The van der Waals surface area contributed by atoms with Crippen LogP contribution in [0.3, 0.4) is 0 Å². The standard InChI is InChI=1S/C12H12N2O3/c1-14(9-4-6-10(15)7-5-9)12(16)13-11-3-2-8-17-11/h2-8,15H,1H3,(H,13,16). The van der Waals surface area contributed by atoms with Crippen molar-refractivity contribution in [1.82, 2.24) is 0 Å². The zero-order valence-corrected chi connectivity index (χ0v) is 9.25. The molecule has 1 heterocycles. The molecule has 0 fully saturated rings. The van der Waals surface area contributed by atoms with E-state index in [2.05, 4.69) is 5.32 Å². The molecule has 17 heavy (non-hydrogen) atoms. The summed E-state index contributed by atoms with van der Waals surface area (Å²) in [7, 11) is 1.63. The largest absolute Gasteiger partial charge is 0.508 e. The van der Waals surface area contributed by atoms with Gasteiger partial charge < -0.3 is 9.52 Å². The van der Waals surface area contributed by atoms with Crippen LogP contribution >= 0.6 is 0 Å². The zero-order valence-electron chi connectivity index (χ0n) is 9.25. The second kappa shape index (κ2) is 4.61. The Morgan fingerprint density at radius 1 is 1.29 bits per heavy atom. The topological polar surface area (TPSA) is 65.7 Å². The van der Waals surface area contributed by atoms with Crippen LogP contribution in [0.5, 0.6) is 5.75 Å². The number of nitrogens with zero attached hydrogens (tertiary/aromatic N) is 1. The molecular formula is C12H12N2O3. The van der Waals surface area contributed by atoms with Crippen LogP contribution < -0.4 is 10.2 Å². The first-order valence-corrected chi connectivity index (χ1v) is 5.04. The number of anilines is 2. The number of carbonyl (C=O) groups excluding carboxylic acids is 1. The van der Waals surface area contributed by atoms with Crippen LogP contribution in [-0.4, -0.2) is 18.2 Å². The molecule has 1 aromatic carbocycles. The summed E-state index contributed by atoms with van der Waals surface area (Å²) in [5, 5.41) is 11.7. The van der Waals surface area contributed by atoms with E-state index in [4.69, 9.17) is 9.52 Å². The van der Waals surface area contributed by atoms with E-state index in [1.807, 2.05) is 0 Å². The van der Waals surface area contributed by atoms with E-state index in [1.54, 1.807) is 31.3 Å². The van der Waals surface area contributed by atoms with E-state index in [1.165, 1.54) is 23.3 Å². The van der Waals surface area contributed by atoms with Crippen molar-refractivity contribution in [3.8, 4) is 5.75 Å². The minimum atomic E-state index is -0.314. The number of amides is 2. The average molecular weight is 232 g/mol. The second-order valence-electron chi connectivity index (χ2n) is 3.48. The van der Waals surface area contributed by atoms with Crippen molar-refractivity contribution in [2.75, 3.05) is 17.3 Å². The molecule has 2 rings (SSSR count). The lowest BCUT2D eigenvalue weighted by Crippen LogP contribution is -2.30. The fourth-order valence-electron chi connectivity index (χ4n) is 1.33. The number of phenolic OH excluding ortho intramolecular Hbond substituents is 1. The molecular weight excluding hydrogens is 220 g/mol. The fourth-order valence-corrected chi connectivity index (χ4v) is 1.33. The van der Waals surface area contributed by atoms with Crippen molar-refractivity contribution in [2.45, 2.75) is 0 Å². The predicted molar refractivity (Wildman–Crippen MR) is 64.2 cm³/mol. The van der Waals surface area contributed by atoms with Crippen molar-refractivity contribution < 1.29 is 14.3 Å². The Hall–Kier alpha value is -2.43. The smallest absolute Gasteiger partial charge is 0.328 e. The number of benzene rings is 1. The van der Waals surface area contributed by atoms with Gasteiger partial charge in [0.25, 0.3) is 0 Å². The molecule has 88 valence electrons. The third kappa shape index (κ3) is 2.57. The van der Waals surface area contributed by atoms with Gasteiger partial charge in [-0.1, -0.05) is 0 Å². The van der Waals surface area contributed by atoms with Gasteiger partial charge >= 0.3 is 6.03 Å². The summed E-state index contributed by atoms with van der Waals surface area (Å²) in [6, 6.07) is 9.37. The summed E-state index contributed by atoms with van der Waals surface area (Å²) >= 11 is 0. The van der Waals surface area contributed by atoms with Gasteiger partial charge in [-0.25, -0.2) is 4.79 Å². The Morgan fingerprint density at radius 3 is 2.59 bits per heavy atom. The van der Waals surface area contributed by atoms with Gasteiger partial charge in [0.1, 0.15) is 5.75 Å². The van der Waals surface area contributed by atoms with Crippen molar-refractivity contribution in [1.29, 1.82) is 0 Å². The Bertz CT molecular complexity index is 491. The van der Waals surface area contributed by atoms with E-state index >= 15 is 0 Å². The number of nitrogens with one attached hydrogen (secondary N) is 1. The molecule has 2 aromatic rings. The zero-order chi connectivity index (χ0) is 12.3. The maximum atomic E-state index is 11.8. The van der Waals surface area contributed by atoms with E-state index in [0.29, 0.717) is 11.6 Å². The third-order valence-corrected chi connectivity index (χ3v) is 2.29. The van der Waals surface area contributed by atoms with Gasteiger partial charge in [-0.05, 0) is 30.3 Å².